The number of benzene rings is 2. The molecule has 1 fully saturated rings. The van der Waals surface area contributed by atoms with Gasteiger partial charge in [-0.1, -0.05) is 54.6 Å². The summed E-state index contributed by atoms with van der Waals surface area (Å²) in [6.45, 7) is 6.09. The van der Waals surface area contributed by atoms with Crippen LogP contribution in [0.25, 0.3) is 0 Å². The summed E-state index contributed by atoms with van der Waals surface area (Å²) in [5, 5.41) is 7.10. The van der Waals surface area contributed by atoms with Gasteiger partial charge in [-0.2, -0.15) is 0 Å². The van der Waals surface area contributed by atoms with Crippen molar-refractivity contribution < 1.29 is 0 Å². The van der Waals surface area contributed by atoms with Gasteiger partial charge in [0.15, 0.2) is 5.96 Å². The molecule has 0 aliphatic carbocycles. The Kier molecular flexibility index (Phi) is 10.1. The second kappa shape index (κ2) is 12.3. The number of aliphatic imine (C=N–C) groups is 1. The first kappa shape index (κ1) is 24.6. The van der Waals surface area contributed by atoms with Crippen LogP contribution in [-0.2, 0) is 19.6 Å². The molecule has 0 amide bonds. The van der Waals surface area contributed by atoms with Crippen LogP contribution in [0.4, 0.5) is 0 Å². The number of hydrogen-bond donors (Lipinski definition) is 2. The molecular weight excluding hydrogens is 485 g/mol. The van der Waals surface area contributed by atoms with Gasteiger partial charge in [-0.05, 0) is 44.1 Å². The highest BCUT2D eigenvalue weighted by atomic mass is 127. The van der Waals surface area contributed by atoms with Crippen LogP contribution in [0.2, 0.25) is 0 Å². The Morgan fingerprint density at radius 1 is 1.07 bits per heavy atom. The van der Waals surface area contributed by atoms with Gasteiger partial charge in [-0.15, -0.1) is 24.0 Å². The van der Waals surface area contributed by atoms with E-state index in [0.29, 0.717) is 12.1 Å². The molecule has 30 heavy (non-hydrogen) atoms. The van der Waals surface area contributed by atoms with E-state index in [0.717, 1.165) is 38.6 Å². The second-order valence-electron chi connectivity index (χ2n) is 8.32. The maximum Gasteiger partial charge on any atom is 0.191 e. The standard InChI is InChI=1S/C24H35N5.HI/c1-19-13-23(18-29(19)17-20-9-6-5-7-10-20)27-24(25-2)26-15-21-11-8-12-22(14-21)16-28(3)4;/h5-12,14,19,23H,13,15-18H2,1-4H3,(H2,25,26,27);1H. The Balaban J connectivity index is 0.00000320. The van der Waals surface area contributed by atoms with Crippen molar-refractivity contribution in [3.8, 4) is 0 Å². The predicted octanol–water partition coefficient (Wildman–Crippen LogP) is 3.69. The van der Waals surface area contributed by atoms with Crippen molar-refractivity contribution in [1.29, 1.82) is 0 Å². The quantitative estimate of drug-likeness (QED) is 0.332. The van der Waals surface area contributed by atoms with Crippen LogP contribution in [0, 0.1) is 0 Å². The molecule has 2 unspecified atom stereocenters. The Morgan fingerprint density at radius 2 is 1.77 bits per heavy atom. The van der Waals surface area contributed by atoms with Gasteiger partial charge < -0.3 is 15.5 Å². The molecule has 1 aliphatic rings. The van der Waals surface area contributed by atoms with Crippen molar-refractivity contribution in [2.75, 3.05) is 27.7 Å². The largest absolute Gasteiger partial charge is 0.352 e. The minimum atomic E-state index is 0. The molecule has 0 aromatic heterocycles. The maximum atomic E-state index is 4.44. The van der Waals surface area contributed by atoms with E-state index in [1.54, 1.807) is 0 Å². The van der Waals surface area contributed by atoms with Crippen molar-refractivity contribution in [3.63, 3.8) is 0 Å². The molecule has 1 heterocycles. The van der Waals surface area contributed by atoms with E-state index in [4.69, 9.17) is 0 Å². The fraction of sp³-hybridized carbons (Fsp3) is 0.458. The number of nitrogens with zero attached hydrogens (tertiary/aromatic N) is 3. The highest BCUT2D eigenvalue weighted by Crippen LogP contribution is 2.20. The van der Waals surface area contributed by atoms with Gasteiger partial charge in [0.2, 0.25) is 0 Å². The first-order chi connectivity index (χ1) is 14.0. The molecule has 0 bridgehead atoms. The van der Waals surface area contributed by atoms with Crippen LogP contribution < -0.4 is 10.6 Å². The number of likely N-dealkylation sites (tertiary alicyclic amines) is 1. The number of hydrogen-bond acceptors (Lipinski definition) is 3. The lowest BCUT2D eigenvalue weighted by atomic mass is 10.1. The van der Waals surface area contributed by atoms with E-state index in [1.165, 1.54) is 16.7 Å². The zero-order valence-electron chi connectivity index (χ0n) is 18.6. The topological polar surface area (TPSA) is 42.9 Å². The zero-order chi connectivity index (χ0) is 20.6. The summed E-state index contributed by atoms with van der Waals surface area (Å²) in [6.07, 6.45) is 1.13. The molecule has 2 aromatic carbocycles. The molecule has 0 saturated carbocycles. The lowest BCUT2D eigenvalue weighted by Gasteiger charge is -2.21. The Bertz CT molecular complexity index is 793. The van der Waals surface area contributed by atoms with Crippen LogP contribution in [-0.4, -0.2) is 55.5 Å². The van der Waals surface area contributed by atoms with E-state index >= 15 is 0 Å². The van der Waals surface area contributed by atoms with Crippen molar-refractivity contribution >= 4 is 29.9 Å². The zero-order valence-corrected chi connectivity index (χ0v) is 21.0. The molecule has 1 saturated heterocycles. The Morgan fingerprint density at radius 3 is 2.47 bits per heavy atom. The molecule has 1 aliphatic heterocycles. The molecule has 0 radical (unpaired) electrons. The summed E-state index contributed by atoms with van der Waals surface area (Å²) in [7, 11) is 6.04. The third-order valence-corrected chi connectivity index (χ3v) is 5.45. The van der Waals surface area contributed by atoms with Crippen molar-refractivity contribution in [3.05, 3.63) is 71.3 Å². The minimum Gasteiger partial charge on any atom is -0.352 e. The number of nitrogens with one attached hydrogen (secondary N) is 2. The number of halogens is 1. The monoisotopic (exact) mass is 521 g/mol. The maximum absolute atomic E-state index is 4.44. The summed E-state index contributed by atoms with van der Waals surface area (Å²) in [5.74, 6) is 0.877. The molecule has 2 atom stereocenters. The highest BCUT2D eigenvalue weighted by molar-refractivity contribution is 14.0. The fourth-order valence-corrected chi connectivity index (χ4v) is 4.02. The SMILES string of the molecule is CN=C(NCc1cccc(CN(C)C)c1)NC1CC(C)N(Cc2ccccc2)C1.I. The molecule has 164 valence electrons. The molecule has 0 spiro atoms. The van der Waals surface area contributed by atoms with E-state index in [9.17, 15) is 0 Å². The summed E-state index contributed by atoms with van der Waals surface area (Å²) in [6, 6.07) is 20.4. The van der Waals surface area contributed by atoms with E-state index in [-0.39, 0.29) is 24.0 Å². The van der Waals surface area contributed by atoms with Gasteiger partial charge in [0.05, 0.1) is 0 Å². The van der Waals surface area contributed by atoms with Crippen LogP contribution >= 0.6 is 24.0 Å². The van der Waals surface area contributed by atoms with Gasteiger partial charge in [0.25, 0.3) is 0 Å². The van der Waals surface area contributed by atoms with Crippen LogP contribution in [0.3, 0.4) is 0 Å². The molecule has 3 rings (SSSR count). The molecule has 2 aromatic rings. The molecule has 5 nitrogen and oxygen atoms in total. The van der Waals surface area contributed by atoms with Crippen molar-refractivity contribution in [1.82, 2.24) is 20.4 Å². The fourth-order valence-electron chi connectivity index (χ4n) is 4.02. The summed E-state index contributed by atoms with van der Waals surface area (Å²) in [4.78, 5) is 9.18. The van der Waals surface area contributed by atoms with Gasteiger partial charge in [-0.3, -0.25) is 9.89 Å². The van der Waals surface area contributed by atoms with Gasteiger partial charge in [0, 0.05) is 45.3 Å². The first-order valence-electron chi connectivity index (χ1n) is 10.5. The van der Waals surface area contributed by atoms with Crippen LogP contribution in [0.15, 0.2) is 59.6 Å². The summed E-state index contributed by atoms with van der Waals surface area (Å²) in [5.41, 5.74) is 3.98. The number of rotatable bonds is 7. The van der Waals surface area contributed by atoms with Crippen LogP contribution in [0.5, 0.6) is 0 Å². The van der Waals surface area contributed by atoms with Crippen molar-refractivity contribution in [2.24, 2.45) is 4.99 Å². The van der Waals surface area contributed by atoms with Gasteiger partial charge in [0.1, 0.15) is 0 Å². The second-order valence-corrected chi connectivity index (χ2v) is 8.32. The number of guanidine groups is 1. The Hall–Kier alpha value is -1.64. The first-order valence-corrected chi connectivity index (χ1v) is 10.5. The smallest absolute Gasteiger partial charge is 0.191 e. The lowest BCUT2D eigenvalue weighted by molar-refractivity contribution is 0.258. The highest BCUT2D eigenvalue weighted by Gasteiger charge is 2.29. The van der Waals surface area contributed by atoms with E-state index in [2.05, 4.69) is 101 Å². The van der Waals surface area contributed by atoms with Gasteiger partial charge in [-0.25, -0.2) is 0 Å². The molecule has 2 N–H and O–H groups in total. The average Bonchev–Trinajstić information content (AvgIpc) is 3.04. The van der Waals surface area contributed by atoms with Crippen molar-refractivity contribution in [2.45, 2.75) is 45.1 Å². The molecular formula is C24H36IN5. The average molecular weight is 521 g/mol. The molecule has 6 heteroatoms. The predicted molar refractivity (Wildman–Crippen MR) is 137 cm³/mol. The Labute approximate surface area is 199 Å². The normalized spacial score (nSPS) is 19.6. The third kappa shape index (κ3) is 7.56. The third-order valence-electron chi connectivity index (χ3n) is 5.45. The van der Waals surface area contributed by atoms with Gasteiger partial charge >= 0.3 is 0 Å². The summed E-state index contributed by atoms with van der Waals surface area (Å²) >= 11 is 0. The summed E-state index contributed by atoms with van der Waals surface area (Å²) < 4.78 is 0. The minimum absolute atomic E-state index is 0. The van der Waals surface area contributed by atoms with E-state index in [1.807, 2.05) is 7.05 Å². The lowest BCUT2D eigenvalue weighted by Crippen LogP contribution is -2.44. The van der Waals surface area contributed by atoms with E-state index < -0.39 is 0 Å². The van der Waals surface area contributed by atoms with Crippen LogP contribution in [0.1, 0.15) is 30.0 Å².